The third kappa shape index (κ3) is 4.39. The molecule has 0 fully saturated rings. The van der Waals surface area contributed by atoms with Crippen LogP contribution in [-0.2, 0) is 0 Å². The van der Waals surface area contributed by atoms with Crippen LogP contribution in [0.3, 0.4) is 0 Å². The number of nitrogens with zero attached hydrogens (tertiary/aromatic N) is 5. The van der Waals surface area contributed by atoms with Crippen LogP contribution in [-0.4, -0.2) is 24.9 Å². The van der Waals surface area contributed by atoms with E-state index in [1.807, 2.05) is 103 Å². The molecule has 0 spiro atoms. The van der Waals surface area contributed by atoms with Crippen LogP contribution in [0.5, 0.6) is 0 Å². The van der Waals surface area contributed by atoms with E-state index < -0.39 is 0 Å². The first kappa shape index (κ1) is 25.2. The fourth-order valence-corrected chi connectivity index (χ4v) is 5.93. The lowest BCUT2D eigenvalue weighted by Gasteiger charge is -2.10. The van der Waals surface area contributed by atoms with E-state index in [9.17, 15) is 0 Å². The monoisotopic (exact) mass is 577 g/mol. The molecule has 0 aliphatic heterocycles. The molecule has 9 aromatic rings. The van der Waals surface area contributed by atoms with Crippen molar-refractivity contribution in [2.75, 3.05) is 0 Å². The van der Waals surface area contributed by atoms with Crippen LogP contribution in [0.2, 0.25) is 0 Å². The molecular formula is C39H23N5O. The van der Waals surface area contributed by atoms with E-state index in [4.69, 9.17) is 24.4 Å². The van der Waals surface area contributed by atoms with Crippen LogP contribution in [0.25, 0.3) is 89.2 Å². The van der Waals surface area contributed by atoms with Crippen molar-refractivity contribution in [3.63, 3.8) is 0 Å². The summed E-state index contributed by atoms with van der Waals surface area (Å²) >= 11 is 0. The van der Waals surface area contributed by atoms with Gasteiger partial charge in [0.05, 0.1) is 22.9 Å². The molecule has 6 aromatic carbocycles. The minimum absolute atomic E-state index is 0.588. The maximum absolute atomic E-state index is 6.35. The Labute approximate surface area is 257 Å². The molecule has 0 unspecified atom stereocenters. The Morgan fingerprint density at radius 2 is 1.09 bits per heavy atom. The van der Waals surface area contributed by atoms with Crippen molar-refractivity contribution in [1.29, 1.82) is 0 Å². The van der Waals surface area contributed by atoms with E-state index in [0.717, 1.165) is 71.7 Å². The number of hydrogen-bond acceptors (Lipinski definition) is 6. The van der Waals surface area contributed by atoms with Gasteiger partial charge in [0.1, 0.15) is 11.2 Å². The zero-order valence-electron chi connectivity index (χ0n) is 23.9. The van der Waals surface area contributed by atoms with E-state index in [1.54, 1.807) is 0 Å². The Morgan fingerprint density at radius 3 is 1.89 bits per heavy atom. The standard InChI is InChI=1S/C39H23N5O/c1-2-9-25(10-3-1)37-42-38(26-19-17-24(18-20-26)33-23-40-31-14-6-7-15-32(31)41-33)44-39(43-37)29-13-8-16-34-36(29)30-21-27-11-4-5-12-28(27)22-35(30)45-34/h1-23H. The maximum atomic E-state index is 6.35. The molecule has 0 radical (unpaired) electrons. The van der Waals surface area contributed by atoms with Gasteiger partial charge in [0, 0.05) is 33.0 Å². The first-order valence-corrected chi connectivity index (χ1v) is 14.8. The fourth-order valence-electron chi connectivity index (χ4n) is 5.93. The average molecular weight is 578 g/mol. The van der Waals surface area contributed by atoms with Crippen molar-refractivity contribution in [3.05, 3.63) is 140 Å². The van der Waals surface area contributed by atoms with Crippen LogP contribution in [0.15, 0.2) is 144 Å². The summed E-state index contributed by atoms with van der Waals surface area (Å²) in [5, 5.41) is 4.31. The predicted molar refractivity (Wildman–Crippen MR) is 179 cm³/mol. The lowest BCUT2D eigenvalue weighted by molar-refractivity contribution is 0.669. The van der Waals surface area contributed by atoms with Gasteiger partial charge in [-0.3, -0.25) is 4.98 Å². The molecule has 0 aliphatic carbocycles. The Balaban J connectivity index is 1.21. The number of rotatable bonds is 4. The Morgan fingerprint density at radius 1 is 0.444 bits per heavy atom. The van der Waals surface area contributed by atoms with E-state index in [1.165, 1.54) is 0 Å². The van der Waals surface area contributed by atoms with Gasteiger partial charge in [-0.15, -0.1) is 0 Å². The van der Waals surface area contributed by atoms with Crippen LogP contribution < -0.4 is 0 Å². The second-order valence-electron chi connectivity index (χ2n) is 11.0. The molecule has 0 bridgehead atoms. The van der Waals surface area contributed by atoms with Crippen molar-refractivity contribution in [2.45, 2.75) is 0 Å². The number of hydrogen-bond donors (Lipinski definition) is 0. The first-order chi connectivity index (χ1) is 22.3. The zero-order chi connectivity index (χ0) is 29.7. The lowest BCUT2D eigenvalue weighted by Crippen LogP contribution is -2.00. The second kappa shape index (κ2) is 10.2. The Bertz CT molecular complexity index is 2540. The van der Waals surface area contributed by atoms with Crippen molar-refractivity contribution in [3.8, 4) is 45.4 Å². The van der Waals surface area contributed by atoms with E-state index in [-0.39, 0.29) is 0 Å². The Hall–Kier alpha value is -6.27. The largest absolute Gasteiger partial charge is 0.456 e. The van der Waals surface area contributed by atoms with E-state index in [0.29, 0.717) is 17.5 Å². The second-order valence-corrected chi connectivity index (χ2v) is 11.0. The highest BCUT2D eigenvalue weighted by Gasteiger charge is 2.18. The van der Waals surface area contributed by atoms with Crippen LogP contribution >= 0.6 is 0 Å². The van der Waals surface area contributed by atoms with E-state index in [2.05, 4.69) is 41.4 Å². The molecule has 6 heteroatoms. The minimum Gasteiger partial charge on any atom is -0.456 e. The topological polar surface area (TPSA) is 77.6 Å². The highest BCUT2D eigenvalue weighted by molar-refractivity contribution is 6.15. The SMILES string of the molecule is c1ccc(-c2nc(-c3ccc(-c4cnc5ccccc5n4)cc3)nc(-c3cccc4oc5cc6ccccc6cc5c34)n2)cc1. The first-order valence-electron chi connectivity index (χ1n) is 14.8. The predicted octanol–water partition coefficient (Wildman–Crippen LogP) is 9.54. The van der Waals surface area contributed by atoms with Crippen molar-refractivity contribution in [1.82, 2.24) is 24.9 Å². The van der Waals surface area contributed by atoms with Gasteiger partial charge < -0.3 is 4.42 Å². The number of benzene rings is 6. The summed E-state index contributed by atoms with van der Waals surface area (Å²) < 4.78 is 6.35. The molecular weight excluding hydrogens is 554 g/mol. The molecule has 9 rings (SSSR count). The summed E-state index contributed by atoms with van der Waals surface area (Å²) in [5.41, 5.74) is 7.84. The molecule has 210 valence electrons. The molecule has 3 aromatic heterocycles. The van der Waals surface area contributed by atoms with Gasteiger partial charge in [0.2, 0.25) is 0 Å². The number of aromatic nitrogens is 5. The van der Waals surface area contributed by atoms with E-state index >= 15 is 0 Å². The van der Waals surface area contributed by atoms with Gasteiger partial charge >= 0.3 is 0 Å². The molecule has 0 atom stereocenters. The molecule has 3 heterocycles. The third-order valence-corrected chi connectivity index (χ3v) is 8.16. The number of fused-ring (bicyclic) bond motifs is 5. The van der Waals surface area contributed by atoms with Gasteiger partial charge in [-0.05, 0) is 41.1 Å². The summed E-state index contributed by atoms with van der Waals surface area (Å²) in [4.78, 5) is 24.4. The quantitative estimate of drug-likeness (QED) is 0.207. The van der Waals surface area contributed by atoms with Crippen LogP contribution in [0.1, 0.15) is 0 Å². The summed E-state index contributed by atoms with van der Waals surface area (Å²) in [5.74, 6) is 1.78. The van der Waals surface area contributed by atoms with Crippen molar-refractivity contribution in [2.24, 2.45) is 0 Å². The molecule has 0 aliphatic rings. The van der Waals surface area contributed by atoms with Crippen LogP contribution in [0.4, 0.5) is 0 Å². The minimum atomic E-state index is 0.588. The molecule has 0 N–H and O–H groups in total. The number of para-hydroxylation sites is 2. The summed E-state index contributed by atoms with van der Waals surface area (Å²) in [7, 11) is 0. The van der Waals surface area contributed by atoms with Gasteiger partial charge in [0.25, 0.3) is 0 Å². The van der Waals surface area contributed by atoms with Gasteiger partial charge in [-0.2, -0.15) is 0 Å². The third-order valence-electron chi connectivity index (χ3n) is 8.16. The lowest BCUT2D eigenvalue weighted by atomic mass is 10.0. The zero-order valence-corrected chi connectivity index (χ0v) is 23.9. The van der Waals surface area contributed by atoms with Gasteiger partial charge in [-0.25, -0.2) is 19.9 Å². The highest BCUT2D eigenvalue weighted by atomic mass is 16.3. The average Bonchev–Trinajstić information content (AvgIpc) is 3.48. The van der Waals surface area contributed by atoms with Gasteiger partial charge in [-0.1, -0.05) is 103 Å². The highest BCUT2D eigenvalue weighted by Crippen LogP contribution is 2.38. The summed E-state index contributed by atoms with van der Waals surface area (Å²) in [6.45, 7) is 0. The van der Waals surface area contributed by atoms with Crippen molar-refractivity contribution < 1.29 is 4.42 Å². The van der Waals surface area contributed by atoms with Crippen molar-refractivity contribution >= 4 is 43.7 Å². The smallest absolute Gasteiger partial charge is 0.164 e. The van der Waals surface area contributed by atoms with Crippen LogP contribution in [0, 0.1) is 0 Å². The fraction of sp³-hybridized carbons (Fsp3) is 0. The maximum Gasteiger partial charge on any atom is 0.164 e. The summed E-state index contributed by atoms with van der Waals surface area (Å²) in [6, 6.07) is 44.7. The van der Waals surface area contributed by atoms with Gasteiger partial charge in [0.15, 0.2) is 17.5 Å². The molecule has 0 amide bonds. The molecule has 0 saturated heterocycles. The number of furan rings is 1. The molecule has 6 nitrogen and oxygen atoms in total. The molecule has 0 saturated carbocycles. The summed E-state index contributed by atoms with van der Waals surface area (Å²) in [6.07, 6.45) is 1.81. The Kier molecular flexibility index (Phi) is 5.71. The molecule has 45 heavy (non-hydrogen) atoms. The normalized spacial score (nSPS) is 11.6.